The maximum atomic E-state index is 12.1. The van der Waals surface area contributed by atoms with Crippen LogP contribution in [0.4, 0.5) is 20.1 Å². The molecule has 3 amide bonds. The van der Waals surface area contributed by atoms with Crippen molar-refractivity contribution in [3.8, 4) is 5.75 Å². The summed E-state index contributed by atoms with van der Waals surface area (Å²) in [6, 6.07) is 6.02. The summed E-state index contributed by atoms with van der Waals surface area (Å²) in [5, 5.41) is 5.61. The van der Waals surface area contributed by atoms with E-state index in [0.29, 0.717) is 44.0 Å². The topological polar surface area (TPSA) is 106 Å². The first-order valence-electron chi connectivity index (χ1n) is 8.95. The fraction of sp³-hybridized carbons (Fsp3) is 0.500. The van der Waals surface area contributed by atoms with E-state index in [1.807, 2.05) is 0 Å². The average Bonchev–Trinajstić information content (AvgIpc) is 2.64. The van der Waals surface area contributed by atoms with Crippen LogP contribution in [-0.4, -0.2) is 55.5 Å². The molecule has 1 aliphatic heterocycles. The van der Waals surface area contributed by atoms with Gasteiger partial charge in [0.05, 0.1) is 13.2 Å². The lowest BCUT2D eigenvalue weighted by molar-refractivity contribution is 0.0957. The number of likely N-dealkylation sites (tertiary alicyclic amines) is 1. The number of anilines is 1. The Kier molecular flexibility index (Phi) is 7.72. The molecule has 0 aromatic heterocycles. The van der Waals surface area contributed by atoms with Gasteiger partial charge in [-0.3, -0.25) is 0 Å². The third-order valence-corrected chi connectivity index (χ3v) is 3.93. The third kappa shape index (κ3) is 6.69. The van der Waals surface area contributed by atoms with Crippen molar-refractivity contribution in [1.82, 2.24) is 10.2 Å². The molecule has 0 bridgehead atoms. The summed E-state index contributed by atoms with van der Waals surface area (Å²) in [7, 11) is 0. The van der Waals surface area contributed by atoms with Crippen LogP contribution in [0.25, 0.3) is 0 Å². The van der Waals surface area contributed by atoms with Crippen molar-refractivity contribution in [1.29, 1.82) is 0 Å². The molecule has 0 unspecified atom stereocenters. The molecule has 1 aromatic rings. The Labute approximate surface area is 157 Å². The number of piperidine rings is 1. The molecule has 1 aromatic carbocycles. The minimum atomic E-state index is -0.773. The van der Waals surface area contributed by atoms with Gasteiger partial charge in [0, 0.05) is 24.8 Å². The zero-order chi connectivity index (χ0) is 19.6. The molecule has 27 heavy (non-hydrogen) atoms. The largest absolute Gasteiger partial charge is 0.513 e. The van der Waals surface area contributed by atoms with Crippen LogP contribution >= 0.6 is 0 Å². The Balaban J connectivity index is 1.74. The Bertz CT molecular complexity index is 641. The number of ether oxygens (including phenoxy) is 3. The molecule has 0 spiro atoms. The van der Waals surface area contributed by atoms with Gasteiger partial charge in [-0.2, -0.15) is 0 Å². The Morgan fingerprint density at radius 3 is 2.26 bits per heavy atom. The normalized spacial score (nSPS) is 14.2. The van der Waals surface area contributed by atoms with Crippen LogP contribution in [0.15, 0.2) is 24.3 Å². The Morgan fingerprint density at radius 2 is 1.67 bits per heavy atom. The molecule has 1 saturated heterocycles. The van der Waals surface area contributed by atoms with Gasteiger partial charge in [0.2, 0.25) is 0 Å². The highest BCUT2D eigenvalue weighted by atomic mass is 16.7. The van der Waals surface area contributed by atoms with Crippen molar-refractivity contribution in [2.45, 2.75) is 32.7 Å². The SMILES string of the molecule is CCOC(=O)Oc1ccc(NC(=O)NC2CCN(C(=O)OCC)CC2)cc1. The number of amides is 3. The highest BCUT2D eigenvalue weighted by Gasteiger charge is 2.24. The number of carbonyl (C=O) groups excluding carboxylic acids is 3. The molecule has 148 valence electrons. The number of carbonyl (C=O) groups is 3. The van der Waals surface area contributed by atoms with E-state index in [0.717, 1.165) is 0 Å². The van der Waals surface area contributed by atoms with E-state index in [9.17, 15) is 14.4 Å². The van der Waals surface area contributed by atoms with Gasteiger partial charge >= 0.3 is 18.3 Å². The van der Waals surface area contributed by atoms with E-state index in [4.69, 9.17) is 9.47 Å². The fourth-order valence-corrected chi connectivity index (χ4v) is 2.62. The summed E-state index contributed by atoms with van der Waals surface area (Å²) in [6.45, 7) is 5.13. The second-order valence-corrected chi connectivity index (χ2v) is 5.87. The number of nitrogens with zero attached hydrogens (tertiary/aromatic N) is 1. The van der Waals surface area contributed by atoms with E-state index >= 15 is 0 Å². The van der Waals surface area contributed by atoms with Crippen molar-refractivity contribution in [2.75, 3.05) is 31.6 Å². The number of rotatable bonds is 5. The molecule has 1 heterocycles. The predicted octanol–water partition coefficient (Wildman–Crippen LogP) is 2.96. The van der Waals surface area contributed by atoms with Crippen molar-refractivity contribution >= 4 is 24.0 Å². The number of benzene rings is 1. The molecule has 0 aliphatic carbocycles. The fourth-order valence-electron chi connectivity index (χ4n) is 2.62. The molecular formula is C18H25N3O6. The van der Waals surface area contributed by atoms with Gasteiger partial charge in [0.25, 0.3) is 0 Å². The quantitative estimate of drug-likeness (QED) is 0.602. The van der Waals surface area contributed by atoms with E-state index in [1.165, 1.54) is 0 Å². The summed E-state index contributed by atoms with van der Waals surface area (Å²) >= 11 is 0. The number of hydrogen-bond acceptors (Lipinski definition) is 6. The van der Waals surface area contributed by atoms with Crippen LogP contribution in [-0.2, 0) is 9.47 Å². The van der Waals surface area contributed by atoms with Crippen LogP contribution in [0, 0.1) is 0 Å². The molecular weight excluding hydrogens is 354 g/mol. The summed E-state index contributed by atoms with van der Waals surface area (Å²) in [6.07, 6.45) is 0.243. The maximum Gasteiger partial charge on any atom is 0.513 e. The molecule has 0 radical (unpaired) electrons. The van der Waals surface area contributed by atoms with Crippen LogP contribution in [0.5, 0.6) is 5.75 Å². The highest BCUT2D eigenvalue weighted by molar-refractivity contribution is 5.89. The van der Waals surface area contributed by atoms with E-state index in [2.05, 4.69) is 15.4 Å². The number of urea groups is 1. The Hall–Kier alpha value is -2.97. The number of nitrogens with one attached hydrogen (secondary N) is 2. The molecule has 9 heteroatoms. The molecule has 1 aliphatic rings. The standard InChI is InChI=1S/C18H25N3O6/c1-3-25-17(23)21-11-9-14(10-12-21)20-16(22)19-13-5-7-15(8-6-13)27-18(24)26-4-2/h5-8,14H,3-4,9-12H2,1-2H3,(H2,19,20,22). The Morgan fingerprint density at radius 1 is 1.04 bits per heavy atom. The second kappa shape index (κ2) is 10.2. The van der Waals surface area contributed by atoms with E-state index in [-0.39, 0.29) is 24.8 Å². The van der Waals surface area contributed by atoms with Crippen LogP contribution in [0.2, 0.25) is 0 Å². The van der Waals surface area contributed by atoms with Gasteiger partial charge in [-0.25, -0.2) is 14.4 Å². The molecule has 2 N–H and O–H groups in total. The summed E-state index contributed by atoms with van der Waals surface area (Å²) in [5.41, 5.74) is 0.563. The minimum absolute atomic E-state index is 0.0119. The summed E-state index contributed by atoms with van der Waals surface area (Å²) in [5.74, 6) is 0.325. The lowest BCUT2D eigenvalue weighted by Gasteiger charge is -2.31. The van der Waals surface area contributed by atoms with E-state index < -0.39 is 6.16 Å². The van der Waals surface area contributed by atoms with Crippen LogP contribution in [0.3, 0.4) is 0 Å². The zero-order valence-corrected chi connectivity index (χ0v) is 15.5. The average molecular weight is 379 g/mol. The monoisotopic (exact) mass is 379 g/mol. The van der Waals surface area contributed by atoms with Gasteiger partial charge < -0.3 is 29.7 Å². The van der Waals surface area contributed by atoms with Gasteiger partial charge in [0.15, 0.2) is 0 Å². The molecule has 9 nitrogen and oxygen atoms in total. The first kappa shape index (κ1) is 20.3. The lowest BCUT2D eigenvalue weighted by atomic mass is 10.1. The van der Waals surface area contributed by atoms with E-state index in [1.54, 1.807) is 43.0 Å². The van der Waals surface area contributed by atoms with Crippen LogP contribution in [0.1, 0.15) is 26.7 Å². The maximum absolute atomic E-state index is 12.1. The van der Waals surface area contributed by atoms with Crippen molar-refractivity contribution in [3.63, 3.8) is 0 Å². The highest BCUT2D eigenvalue weighted by Crippen LogP contribution is 2.17. The van der Waals surface area contributed by atoms with Crippen molar-refractivity contribution < 1.29 is 28.6 Å². The van der Waals surface area contributed by atoms with Gasteiger partial charge in [0.1, 0.15) is 5.75 Å². The molecule has 1 fully saturated rings. The second-order valence-electron chi connectivity index (χ2n) is 5.87. The van der Waals surface area contributed by atoms with Gasteiger partial charge in [-0.15, -0.1) is 0 Å². The summed E-state index contributed by atoms with van der Waals surface area (Å²) < 4.78 is 14.6. The summed E-state index contributed by atoms with van der Waals surface area (Å²) in [4.78, 5) is 36.7. The molecule has 0 saturated carbocycles. The predicted molar refractivity (Wildman–Crippen MR) is 97.9 cm³/mol. The van der Waals surface area contributed by atoms with Crippen molar-refractivity contribution in [2.24, 2.45) is 0 Å². The first-order chi connectivity index (χ1) is 13.0. The number of hydrogen-bond donors (Lipinski definition) is 2. The smallest absolute Gasteiger partial charge is 0.450 e. The molecule has 2 rings (SSSR count). The molecule has 0 atom stereocenters. The first-order valence-corrected chi connectivity index (χ1v) is 8.95. The van der Waals surface area contributed by atoms with Crippen LogP contribution < -0.4 is 15.4 Å². The van der Waals surface area contributed by atoms with Gasteiger partial charge in [-0.1, -0.05) is 0 Å². The zero-order valence-electron chi connectivity index (χ0n) is 15.5. The lowest BCUT2D eigenvalue weighted by Crippen LogP contribution is -2.47. The van der Waals surface area contributed by atoms with Crippen molar-refractivity contribution in [3.05, 3.63) is 24.3 Å². The third-order valence-electron chi connectivity index (χ3n) is 3.93. The van der Waals surface area contributed by atoms with Gasteiger partial charge in [-0.05, 0) is 51.0 Å². The minimum Gasteiger partial charge on any atom is -0.450 e.